The smallest absolute Gasteiger partial charge is 0.342 e. The third kappa shape index (κ3) is 6.60. The highest BCUT2D eigenvalue weighted by Gasteiger charge is 2.16. The molecule has 0 saturated heterocycles. The van der Waals surface area contributed by atoms with E-state index in [1.807, 2.05) is 30.3 Å². The third-order valence-corrected chi connectivity index (χ3v) is 3.91. The monoisotopic (exact) mass is 420 g/mol. The number of hydrogen-bond donors (Lipinski definition) is 2. The van der Waals surface area contributed by atoms with Gasteiger partial charge in [-0.2, -0.15) is 0 Å². The number of rotatable bonds is 9. The zero-order chi connectivity index (χ0) is 22.1. The Morgan fingerprint density at radius 1 is 0.806 bits per heavy atom. The lowest BCUT2D eigenvalue weighted by Crippen LogP contribution is -2.22. The minimum atomic E-state index is -0.767. The van der Waals surface area contributed by atoms with Crippen molar-refractivity contribution in [3.05, 3.63) is 84.4 Å². The summed E-state index contributed by atoms with van der Waals surface area (Å²) in [4.78, 5) is 35.4. The first kappa shape index (κ1) is 21.4. The number of amides is 2. The van der Waals surface area contributed by atoms with Gasteiger partial charge in [0.25, 0.3) is 11.8 Å². The molecule has 3 rings (SSSR count). The van der Waals surface area contributed by atoms with Crippen molar-refractivity contribution in [2.75, 3.05) is 18.5 Å². The Morgan fingerprint density at radius 3 is 2.29 bits per heavy atom. The fraction of sp³-hybridized carbons (Fsp3) is 0.0870. The topological polar surface area (TPSA) is 117 Å². The number of para-hydroxylation sites is 2. The zero-order valence-corrected chi connectivity index (χ0v) is 16.4. The van der Waals surface area contributed by atoms with Crippen LogP contribution in [0.25, 0.3) is 0 Å². The summed E-state index contributed by atoms with van der Waals surface area (Å²) in [7, 11) is 0. The van der Waals surface area contributed by atoms with E-state index in [4.69, 9.17) is 19.9 Å². The number of carbonyl (C=O) groups is 3. The number of esters is 1. The van der Waals surface area contributed by atoms with E-state index in [0.717, 1.165) is 0 Å². The molecule has 0 atom stereocenters. The Morgan fingerprint density at radius 2 is 1.52 bits per heavy atom. The van der Waals surface area contributed by atoms with E-state index >= 15 is 0 Å². The van der Waals surface area contributed by atoms with Gasteiger partial charge in [-0.1, -0.05) is 36.4 Å². The number of primary amides is 1. The summed E-state index contributed by atoms with van der Waals surface area (Å²) in [6.45, 7) is -0.890. The second-order valence-corrected chi connectivity index (χ2v) is 6.32. The number of ether oxygens (including phenoxy) is 3. The molecule has 0 aliphatic heterocycles. The molecule has 0 bridgehead atoms. The highest BCUT2D eigenvalue weighted by atomic mass is 16.5. The van der Waals surface area contributed by atoms with Gasteiger partial charge in [-0.25, -0.2) is 4.79 Å². The van der Waals surface area contributed by atoms with Gasteiger partial charge in [0.15, 0.2) is 13.2 Å². The van der Waals surface area contributed by atoms with E-state index in [2.05, 4.69) is 5.32 Å². The predicted molar refractivity (Wildman–Crippen MR) is 113 cm³/mol. The molecule has 31 heavy (non-hydrogen) atoms. The number of nitrogens with one attached hydrogen (secondary N) is 1. The lowest BCUT2D eigenvalue weighted by molar-refractivity contribution is -0.120. The fourth-order valence-corrected chi connectivity index (χ4v) is 2.58. The molecule has 3 N–H and O–H groups in total. The Hall–Kier alpha value is -4.33. The van der Waals surface area contributed by atoms with Crippen LogP contribution in [0, 0.1) is 0 Å². The summed E-state index contributed by atoms with van der Waals surface area (Å²) in [5.74, 6) is -0.630. The maximum Gasteiger partial charge on any atom is 0.342 e. The lowest BCUT2D eigenvalue weighted by Gasteiger charge is -2.11. The van der Waals surface area contributed by atoms with Crippen molar-refractivity contribution in [2.45, 2.75) is 0 Å². The first-order valence-electron chi connectivity index (χ1n) is 9.31. The van der Waals surface area contributed by atoms with E-state index < -0.39 is 24.4 Å². The van der Waals surface area contributed by atoms with Crippen molar-refractivity contribution in [3.63, 3.8) is 0 Å². The second kappa shape index (κ2) is 10.4. The minimum absolute atomic E-state index is 0.0785. The van der Waals surface area contributed by atoms with Gasteiger partial charge < -0.3 is 25.3 Å². The van der Waals surface area contributed by atoms with Crippen molar-refractivity contribution in [2.24, 2.45) is 5.73 Å². The van der Waals surface area contributed by atoms with Gasteiger partial charge in [-0.05, 0) is 36.4 Å². The van der Waals surface area contributed by atoms with Gasteiger partial charge in [0.2, 0.25) is 0 Å². The summed E-state index contributed by atoms with van der Waals surface area (Å²) >= 11 is 0. The normalized spacial score (nSPS) is 10.1. The van der Waals surface area contributed by atoms with Crippen LogP contribution >= 0.6 is 0 Å². The van der Waals surface area contributed by atoms with E-state index in [1.165, 1.54) is 12.1 Å². The third-order valence-electron chi connectivity index (χ3n) is 3.91. The number of benzene rings is 3. The Kier molecular flexibility index (Phi) is 7.21. The highest BCUT2D eigenvalue weighted by Crippen LogP contribution is 2.24. The Labute approximate surface area is 178 Å². The van der Waals surface area contributed by atoms with Crippen molar-refractivity contribution in [1.29, 1.82) is 0 Å². The summed E-state index contributed by atoms with van der Waals surface area (Å²) in [6, 6.07) is 22.2. The molecule has 0 aromatic heterocycles. The summed E-state index contributed by atoms with van der Waals surface area (Å²) in [6.07, 6.45) is 0. The predicted octanol–water partition coefficient (Wildman–Crippen LogP) is 3.14. The quantitative estimate of drug-likeness (QED) is 0.514. The summed E-state index contributed by atoms with van der Waals surface area (Å²) in [5, 5.41) is 2.64. The molecule has 8 nitrogen and oxygen atoms in total. The highest BCUT2D eigenvalue weighted by molar-refractivity contribution is 5.97. The number of anilines is 1. The molecule has 0 radical (unpaired) electrons. The molecular weight excluding hydrogens is 400 g/mol. The van der Waals surface area contributed by atoms with Gasteiger partial charge in [-0.3, -0.25) is 9.59 Å². The van der Waals surface area contributed by atoms with Gasteiger partial charge >= 0.3 is 5.97 Å². The molecule has 0 saturated carbocycles. The molecule has 3 aromatic rings. The molecule has 0 spiro atoms. The van der Waals surface area contributed by atoms with Crippen molar-refractivity contribution < 1.29 is 28.6 Å². The molecule has 0 aliphatic rings. The van der Waals surface area contributed by atoms with Gasteiger partial charge in [0.1, 0.15) is 22.8 Å². The van der Waals surface area contributed by atoms with Gasteiger partial charge in [0, 0.05) is 11.8 Å². The largest absolute Gasteiger partial charge is 0.483 e. The van der Waals surface area contributed by atoms with Crippen LogP contribution in [-0.2, 0) is 14.3 Å². The van der Waals surface area contributed by atoms with Crippen LogP contribution < -0.4 is 20.5 Å². The van der Waals surface area contributed by atoms with E-state index in [9.17, 15) is 14.4 Å². The average molecular weight is 420 g/mol. The molecule has 0 unspecified atom stereocenters. The minimum Gasteiger partial charge on any atom is -0.483 e. The van der Waals surface area contributed by atoms with Crippen molar-refractivity contribution in [1.82, 2.24) is 0 Å². The van der Waals surface area contributed by atoms with E-state index in [-0.39, 0.29) is 17.9 Å². The maximum atomic E-state index is 12.3. The van der Waals surface area contributed by atoms with Crippen LogP contribution in [0.15, 0.2) is 78.9 Å². The molecule has 0 aliphatic carbocycles. The SMILES string of the molecule is NC(=O)COc1ccccc1C(=O)OCC(=O)Nc1cccc(Oc2ccccc2)c1. The first-order chi connectivity index (χ1) is 15.0. The van der Waals surface area contributed by atoms with Crippen molar-refractivity contribution >= 4 is 23.5 Å². The van der Waals surface area contributed by atoms with Crippen LogP contribution in [0.5, 0.6) is 17.2 Å². The molecule has 0 fully saturated rings. The average Bonchev–Trinajstić information content (AvgIpc) is 2.77. The first-order valence-corrected chi connectivity index (χ1v) is 9.31. The molecule has 3 aromatic carbocycles. The van der Waals surface area contributed by atoms with Crippen LogP contribution in [0.4, 0.5) is 5.69 Å². The Balaban J connectivity index is 1.55. The molecule has 0 heterocycles. The van der Waals surface area contributed by atoms with E-state index in [1.54, 1.807) is 36.4 Å². The molecule has 158 valence electrons. The number of hydrogen-bond acceptors (Lipinski definition) is 6. The molecule has 2 amide bonds. The maximum absolute atomic E-state index is 12.3. The number of nitrogens with two attached hydrogens (primary N) is 1. The van der Waals surface area contributed by atoms with Gasteiger partial charge in [0.05, 0.1) is 0 Å². The van der Waals surface area contributed by atoms with Crippen LogP contribution in [0.2, 0.25) is 0 Å². The summed E-state index contributed by atoms with van der Waals surface area (Å²) in [5.41, 5.74) is 5.61. The fourth-order valence-electron chi connectivity index (χ4n) is 2.58. The molecule has 8 heteroatoms. The Bertz CT molecular complexity index is 1070. The lowest BCUT2D eigenvalue weighted by atomic mass is 10.2. The standard InChI is InChI=1S/C23H20N2O6/c24-21(26)14-29-20-12-5-4-11-19(20)23(28)30-15-22(27)25-16-7-6-10-18(13-16)31-17-8-2-1-3-9-17/h1-13H,14-15H2,(H2,24,26)(H,25,27). The van der Waals surface area contributed by atoms with Gasteiger partial charge in [-0.15, -0.1) is 0 Å². The summed E-state index contributed by atoms with van der Waals surface area (Å²) < 4.78 is 16.0. The molecular formula is C23H20N2O6. The van der Waals surface area contributed by atoms with Crippen LogP contribution in [0.1, 0.15) is 10.4 Å². The van der Waals surface area contributed by atoms with Crippen LogP contribution in [-0.4, -0.2) is 31.0 Å². The van der Waals surface area contributed by atoms with E-state index in [0.29, 0.717) is 17.2 Å². The van der Waals surface area contributed by atoms with Crippen LogP contribution in [0.3, 0.4) is 0 Å². The second-order valence-electron chi connectivity index (χ2n) is 6.32. The van der Waals surface area contributed by atoms with Crippen molar-refractivity contribution in [3.8, 4) is 17.2 Å². The number of carbonyl (C=O) groups excluding carboxylic acids is 3. The zero-order valence-electron chi connectivity index (χ0n) is 16.4.